The van der Waals surface area contributed by atoms with Crippen molar-refractivity contribution in [3.63, 3.8) is 0 Å². The van der Waals surface area contributed by atoms with E-state index < -0.39 is 5.97 Å². The fourth-order valence-corrected chi connectivity index (χ4v) is 1.62. The van der Waals surface area contributed by atoms with Crippen LogP contribution in [0.4, 0.5) is 11.5 Å². The first-order valence-corrected chi connectivity index (χ1v) is 5.08. The lowest BCUT2D eigenvalue weighted by Gasteiger charge is -2.13. The molecule has 2 heterocycles. The lowest BCUT2D eigenvalue weighted by atomic mass is 10.2. The minimum atomic E-state index is -1.08. The van der Waals surface area contributed by atoms with Gasteiger partial charge >= 0.3 is 5.97 Å². The molecular weight excluding hydrogens is 224 g/mol. The van der Waals surface area contributed by atoms with E-state index in [0.717, 1.165) is 0 Å². The summed E-state index contributed by atoms with van der Waals surface area (Å²) >= 11 is 0. The zero-order chi connectivity index (χ0) is 12.4. The number of amides is 1. The van der Waals surface area contributed by atoms with Crippen LogP contribution in [0.1, 0.15) is 16.8 Å². The van der Waals surface area contributed by atoms with Crippen molar-refractivity contribution in [2.24, 2.45) is 0 Å². The van der Waals surface area contributed by atoms with Crippen molar-refractivity contribution >= 4 is 23.4 Å². The van der Waals surface area contributed by atoms with E-state index in [1.807, 2.05) is 0 Å². The Morgan fingerprint density at radius 3 is 2.94 bits per heavy atom. The molecule has 7 nitrogen and oxygen atoms in total. The third-order valence-electron chi connectivity index (χ3n) is 2.48. The number of carbonyl (C=O) groups excluding carboxylic acids is 1. The summed E-state index contributed by atoms with van der Waals surface area (Å²) in [5.74, 6) is -0.701. The van der Waals surface area contributed by atoms with Gasteiger partial charge in [-0.2, -0.15) is 0 Å². The van der Waals surface area contributed by atoms with E-state index >= 15 is 0 Å². The van der Waals surface area contributed by atoms with Gasteiger partial charge in [0.2, 0.25) is 5.91 Å². The van der Waals surface area contributed by atoms with Crippen LogP contribution in [0.3, 0.4) is 0 Å². The third-order valence-corrected chi connectivity index (χ3v) is 2.48. The highest BCUT2D eigenvalue weighted by molar-refractivity contribution is 5.89. The summed E-state index contributed by atoms with van der Waals surface area (Å²) in [5, 5.41) is 14.4. The molecule has 1 saturated heterocycles. The lowest BCUT2D eigenvalue weighted by molar-refractivity contribution is -0.119. The number of carboxylic acids is 1. The van der Waals surface area contributed by atoms with Gasteiger partial charge in [-0.15, -0.1) is 0 Å². The second kappa shape index (κ2) is 4.28. The molecule has 1 aliphatic heterocycles. The fraction of sp³-hybridized carbons (Fsp3) is 0.300. The molecule has 1 fully saturated rings. The van der Waals surface area contributed by atoms with Crippen molar-refractivity contribution in [1.29, 1.82) is 0 Å². The van der Waals surface area contributed by atoms with Gasteiger partial charge in [0, 0.05) is 19.2 Å². The maximum Gasteiger partial charge on any atom is 0.337 e. The average Bonchev–Trinajstić information content (AvgIpc) is 2.67. The molecule has 1 aromatic heterocycles. The van der Waals surface area contributed by atoms with Gasteiger partial charge in [-0.1, -0.05) is 0 Å². The predicted octanol–water partition coefficient (Wildman–Crippen LogP) is -0.338. The van der Waals surface area contributed by atoms with E-state index in [1.54, 1.807) is 0 Å². The van der Waals surface area contributed by atoms with Crippen molar-refractivity contribution in [3.05, 3.63) is 17.8 Å². The monoisotopic (exact) mass is 236 g/mol. The van der Waals surface area contributed by atoms with E-state index in [4.69, 9.17) is 10.8 Å². The van der Waals surface area contributed by atoms with Crippen molar-refractivity contribution in [1.82, 2.24) is 10.3 Å². The van der Waals surface area contributed by atoms with Gasteiger partial charge < -0.3 is 21.5 Å². The first-order chi connectivity index (χ1) is 8.06. The highest BCUT2D eigenvalue weighted by Gasteiger charge is 2.22. The molecule has 1 unspecified atom stereocenters. The zero-order valence-electron chi connectivity index (χ0n) is 8.93. The Hall–Kier alpha value is -2.31. The Kier molecular flexibility index (Phi) is 2.82. The molecule has 17 heavy (non-hydrogen) atoms. The number of nitrogen functional groups attached to an aromatic ring is 1. The second-order valence-corrected chi connectivity index (χ2v) is 3.82. The largest absolute Gasteiger partial charge is 0.478 e. The summed E-state index contributed by atoms with van der Waals surface area (Å²) in [4.78, 5) is 25.6. The van der Waals surface area contributed by atoms with Crippen molar-refractivity contribution < 1.29 is 14.7 Å². The average molecular weight is 236 g/mol. The third kappa shape index (κ3) is 2.44. The van der Waals surface area contributed by atoms with Crippen LogP contribution < -0.4 is 16.4 Å². The topological polar surface area (TPSA) is 117 Å². The van der Waals surface area contributed by atoms with Gasteiger partial charge in [0.05, 0.1) is 17.3 Å². The van der Waals surface area contributed by atoms with Crippen LogP contribution >= 0.6 is 0 Å². The zero-order valence-corrected chi connectivity index (χ0v) is 8.93. The van der Waals surface area contributed by atoms with Gasteiger partial charge in [-0.3, -0.25) is 4.79 Å². The van der Waals surface area contributed by atoms with E-state index in [9.17, 15) is 9.59 Å². The minimum Gasteiger partial charge on any atom is -0.478 e. The Bertz CT molecular complexity index is 475. The van der Waals surface area contributed by atoms with Crippen LogP contribution in [0, 0.1) is 0 Å². The quantitative estimate of drug-likeness (QED) is 0.570. The highest BCUT2D eigenvalue weighted by Crippen LogP contribution is 2.18. The number of aromatic nitrogens is 1. The van der Waals surface area contributed by atoms with E-state index in [0.29, 0.717) is 18.8 Å². The molecule has 90 valence electrons. The maximum atomic E-state index is 11.0. The molecule has 5 N–H and O–H groups in total. The first-order valence-electron chi connectivity index (χ1n) is 5.08. The molecular formula is C10H12N4O3. The molecule has 0 bridgehead atoms. The number of carbonyl (C=O) groups is 2. The van der Waals surface area contributed by atoms with Gasteiger partial charge in [-0.05, 0) is 6.07 Å². The molecule has 2 rings (SSSR count). The van der Waals surface area contributed by atoms with Gasteiger partial charge in [-0.25, -0.2) is 9.78 Å². The summed E-state index contributed by atoms with van der Waals surface area (Å²) in [6, 6.07) is 1.27. The first kappa shape index (κ1) is 11.2. The lowest BCUT2D eigenvalue weighted by Crippen LogP contribution is -2.23. The number of carboxylic acid groups (broad SMARTS) is 1. The van der Waals surface area contributed by atoms with Gasteiger partial charge in [0.1, 0.15) is 5.82 Å². The fourth-order valence-electron chi connectivity index (χ4n) is 1.62. The summed E-state index contributed by atoms with van der Waals surface area (Å²) in [6.07, 6.45) is 1.59. The standard InChI is InChI=1S/C10H12N4O3/c11-7-1-5(10(16)17)3-13-9(7)14-6-2-8(15)12-4-6/h1,3,6H,2,4,11H2,(H,12,15)(H,13,14)(H,16,17). The number of pyridine rings is 1. The Labute approximate surface area is 97.0 Å². The van der Waals surface area contributed by atoms with Crippen LogP contribution in [0.15, 0.2) is 12.3 Å². The van der Waals surface area contributed by atoms with Crippen LogP contribution in [-0.4, -0.2) is 34.6 Å². The molecule has 0 aromatic carbocycles. The molecule has 1 aromatic rings. The maximum absolute atomic E-state index is 11.0. The van der Waals surface area contributed by atoms with E-state index in [1.165, 1.54) is 12.3 Å². The number of hydrogen-bond donors (Lipinski definition) is 4. The molecule has 0 saturated carbocycles. The number of nitrogens with two attached hydrogens (primary N) is 1. The normalized spacial score (nSPS) is 18.8. The number of nitrogens with zero attached hydrogens (tertiary/aromatic N) is 1. The number of anilines is 2. The van der Waals surface area contributed by atoms with Gasteiger partial charge in [0.25, 0.3) is 0 Å². The smallest absolute Gasteiger partial charge is 0.337 e. The summed E-state index contributed by atoms with van der Waals surface area (Å²) in [7, 11) is 0. The van der Waals surface area contributed by atoms with E-state index in [-0.39, 0.29) is 23.2 Å². The number of hydrogen-bond acceptors (Lipinski definition) is 5. The molecule has 0 spiro atoms. The number of aromatic carboxylic acids is 1. The summed E-state index contributed by atoms with van der Waals surface area (Å²) in [6.45, 7) is 0.515. The SMILES string of the molecule is Nc1cc(C(=O)O)cnc1NC1CNC(=O)C1. The molecule has 0 radical (unpaired) electrons. The molecule has 1 amide bonds. The summed E-state index contributed by atoms with van der Waals surface area (Å²) in [5.41, 5.74) is 5.97. The molecule has 7 heteroatoms. The highest BCUT2D eigenvalue weighted by atomic mass is 16.4. The van der Waals surface area contributed by atoms with Gasteiger partial charge in [0.15, 0.2) is 0 Å². The Balaban J connectivity index is 2.11. The Morgan fingerprint density at radius 1 is 1.65 bits per heavy atom. The van der Waals surface area contributed by atoms with Crippen LogP contribution in [0.5, 0.6) is 0 Å². The van der Waals surface area contributed by atoms with Crippen molar-refractivity contribution in [3.8, 4) is 0 Å². The van der Waals surface area contributed by atoms with Crippen LogP contribution in [-0.2, 0) is 4.79 Å². The van der Waals surface area contributed by atoms with Crippen LogP contribution in [0.2, 0.25) is 0 Å². The van der Waals surface area contributed by atoms with E-state index in [2.05, 4.69) is 15.6 Å². The number of nitrogens with one attached hydrogen (secondary N) is 2. The molecule has 1 atom stereocenters. The minimum absolute atomic E-state index is 0.0248. The van der Waals surface area contributed by atoms with Crippen LogP contribution in [0.25, 0.3) is 0 Å². The van der Waals surface area contributed by atoms with Crippen molar-refractivity contribution in [2.45, 2.75) is 12.5 Å². The number of rotatable bonds is 3. The second-order valence-electron chi connectivity index (χ2n) is 3.82. The molecule has 0 aliphatic carbocycles. The van der Waals surface area contributed by atoms with Crippen molar-refractivity contribution in [2.75, 3.05) is 17.6 Å². The molecule has 1 aliphatic rings. The summed E-state index contributed by atoms with van der Waals surface area (Å²) < 4.78 is 0. The Morgan fingerprint density at radius 2 is 2.41 bits per heavy atom. The predicted molar refractivity (Wildman–Crippen MR) is 60.6 cm³/mol.